The van der Waals surface area contributed by atoms with Gasteiger partial charge in [0.25, 0.3) is 0 Å². The van der Waals surface area contributed by atoms with Crippen molar-refractivity contribution < 1.29 is 15.7 Å². The zero-order valence-electron chi connectivity index (χ0n) is 8.80. The monoisotopic (exact) mass is 176 g/mol. The van der Waals surface area contributed by atoms with Crippen molar-refractivity contribution in [2.45, 2.75) is 39.3 Å². The van der Waals surface area contributed by atoms with Crippen molar-refractivity contribution in [3.8, 4) is 0 Å². The SMILES string of the molecule is CC[NH2+]C[C@@H](O)C[NH2+]C(C)(C)C. The lowest BCUT2D eigenvalue weighted by molar-refractivity contribution is -0.731. The predicted molar refractivity (Wildman–Crippen MR) is 49.9 cm³/mol. The highest BCUT2D eigenvalue weighted by Crippen LogP contribution is 1.88. The second kappa shape index (κ2) is 5.51. The zero-order valence-corrected chi connectivity index (χ0v) is 8.80. The quantitative estimate of drug-likeness (QED) is 0.459. The van der Waals surface area contributed by atoms with Crippen LogP contribution in [0.4, 0.5) is 0 Å². The van der Waals surface area contributed by atoms with Crippen molar-refractivity contribution in [2.24, 2.45) is 0 Å². The van der Waals surface area contributed by atoms with Crippen molar-refractivity contribution in [2.75, 3.05) is 19.6 Å². The summed E-state index contributed by atoms with van der Waals surface area (Å²) in [4.78, 5) is 0. The Kier molecular flexibility index (Phi) is 5.46. The van der Waals surface area contributed by atoms with E-state index < -0.39 is 0 Å². The van der Waals surface area contributed by atoms with Gasteiger partial charge in [-0.1, -0.05) is 0 Å². The summed E-state index contributed by atoms with van der Waals surface area (Å²) >= 11 is 0. The molecule has 0 saturated carbocycles. The van der Waals surface area contributed by atoms with Crippen LogP contribution in [0.3, 0.4) is 0 Å². The first kappa shape index (κ1) is 11.9. The summed E-state index contributed by atoms with van der Waals surface area (Å²) in [7, 11) is 0. The number of hydrogen-bond acceptors (Lipinski definition) is 1. The Morgan fingerprint density at radius 1 is 1.25 bits per heavy atom. The number of likely N-dealkylation sites (N-methyl/N-ethyl adjacent to an activating group) is 1. The van der Waals surface area contributed by atoms with Gasteiger partial charge in [0.15, 0.2) is 6.10 Å². The fourth-order valence-electron chi connectivity index (χ4n) is 0.945. The molecule has 0 spiro atoms. The molecule has 0 rings (SSSR count). The molecule has 1 atom stereocenters. The van der Waals surface area contributed by atoms with Crippen molar-refractivity contribution >= 4 is 0 Å². The molecule has 0 aliphatic carbocycles. The Labute approximate surface area is 75.6 Å². The van der Waals surface area contributed by atoms with Crippen LogP contribution in [0.1, 0.15) is 27.7 Å². The van der Waals surface area contributed by atoms with Gasteiger partial charge < -0.3 is 15.7 Å². The van der Waals surface area contributed by atoms with Gasteiger partial charge in [-0.05, 0) is 27.7 Å². The van der Waals surface area contributed by atoms with Gasteiger partial charge in [0.1, 0.15) is 13.1 Å². The molecule has 0 radical (unpaired) electrons. The summed E-state index contributed by atoms with van der Waals surface area (Å²) in [5.74, 6) is 0. The second-order valence-electron chi connectivity index (χ2n) is 4.39. The highest BCUT2D eigenvalue weighted by atomic mass is 16.3. The third-order valence-electron chi connectivity index (χ3n) is 1.73. The average molecular weight is 176 g/mol. The summed E-state index contributed by atoms with van der Waals surface area (Å²) in [6, 6.07) is 0. The molecule has 74 valence electrons. The molecule has 0 aliphatic rings. The Hall–Kier alpha value is -0.120. The van der Waals surface area contributed by atoms with Crippen LogP contribution in [0, 0.1) is 0 Å². The number of quaternary nitrogens is 2. The smallest absolute Gasteiger partial charge is 0.151 e. The minimum absolute atomic E-state index is 0.177. The van der Waals surface area contributed by atoms with E-state index in [1.165, 1.54) is 0 Å². The van der Waals surface area contributed by atoms with Crippen LogP contribution in [0.25, 0.3) is 0 Å². The van der Waals surface area contributed by atoms with E-state index in [1.807, 2.05) is 0 Å². The number of aliphatic hydroxyl groups is 1. The van der Waals surface area contributed by atoms with Crippen LogP contribution in [0.2, 0.25) is 0 Å². The number of hydrogen-bond donors (Lipinski definition) is 3. The minimum Gasteiger partial charge on any atom is -0.382 e. The van der Waals surface area contributed by atoms with Gasteiger partial charge >= 0.3 is 0 Å². The molecule has 12 heavy (non-hydrogen) atoms. The normalized spacial score (nSPS) is 14.8. The van der Waals surface area contributed by atoms with E-state index in [0.29, 0.717) is 0 Å². The minimum atomic E-state index is -0.177. The summed E-state index contributed by atoms with van der Waals surface area (Å²) < 4.78 is 0. The number of rotatable bonds is 5. The predicted octanol–water partition coefficient (Wildman–Crippen LogP) is -1.71. The van der Waals surface area contributed by atoms with Crippen LogP contribution in [0.15, 0.2) is 0 Å². The molecule has 0 saturated heterocycles. The van der Waals surface area contributed by atoms with Crippen molar-refractivity contribution in [3.63, 3.8) is 0 Å². The Morgan fingerprint density at radius 2 is 1.83 bits per heavy atom. The zero-order chi connectivity index (χ0) is 9.61. The summed E-state index contributed by atoms with van der Waals surface area (Å²) in [6.45, 7) is 11.2. The van der Waals surface area contributed by atoms with Crippen molar-refractivity contribution in [3.05, 3.63) is 0 Å². The van der Waals surface area contributed by atoms with E-state index in [0.717, 1.165) is 19.6 Å². The van der Waals surface area contributed by atoms with Gasteiger partial charge in [-0.3, -0.25) is 0 Å². The van der Waals surface area contributed by atoms with Crippen LogP contribution < -0.4 is 10.6 Å². The number of aliphatic hydroxyl groups excluding tert-OH is 1. The first-order valence-electron chi connectivity index (χ1n) is 4.80. The largest absolute Gasteiger partial charge is 0.382 e. The number of nitrogens with two attached hydrogens (primary N) is 2. The van der Waals surface area contributed by atoms with Crippen LogP contribution in [-0.4, -0.2) is 36.4 Å². The van der Waals surface area contributed by atoms with Gasteiger partial charge in [0.2, 0.25) is 0 Å². The molecule has 3 heteroatoms. The molecule has 0 unspecified atom stereocenters. The van der Waals surface area contributed by atoms with Crippen LogP contribution >= 0.6 is 0 Å². The van der Waals surface area contributed by atoms with E-state index in [9.17, 15) is 5.11 Å². The standard InChI is InChI=1S/C9H22N2O/c1-5-10-6-8(12)7-11-9(2,3)4/h8,10-12H,5-7H2,1-4H3/p+2/t8-/m1/s1. The fourth-order valence-corrected chi connectivity index (χ4v) is 0.945. The summed E-state index contributed by atoms with van der Waals surface area (Å²) in [5, 5.41) is 13.8. The summed E-state index contributed by atoms with van der Waals surface area (Å²) in [6.07, 6.45) is -0.177. The lowest BCUT2D eigenvalue weighted by Gasteiger charge is -2.18. The van der Waals surface area contributed by atoms with E-state index >= 15 is 0 Å². The molecule has 0 aromatic heterocycles. The third kappa shape index (κ3) is 7.98. The van der Waals surface area contributed by atoms with E-state index in [2.05, 4.69) is 38.3 Å². The van der Waals surface area contributed by atoms with Crippen LogP contribution in [-0.2, 0) is 0 Å². The van der Waals surface area contributed by atoms with Gasteiger partial charge in [-0.25, -0.2) is 0 Å². The first-order chi connectivity index (χ1) is 5.45. The lowest BCUT2D eigenvalue weighted by Crippen LogP contribution is -2.97. The Balaban J connectivity index is 3.37. The summed E-state index contributed by atoms with van der Waals surface area (Å²) in [5.41, 5.74) is 0.229. The molecule has 0 aliphatic heterocycles. The maximum Gasteiger partial charge on any atom is 0.151 e. The molecule has 0 aromatic carbocycles. The Bertz CT molecular complexity index is 110. The van der Waals surface area contributed by atoms with Gasteiger partial charge in [0, 0.05) is 0 Å². The van der Waals surface area contributed by atoms with Gasteiger partial charge in [-0.15, -0.1) is 0 Å². The van der Waals surface area contributed by atoms with Crippen molar-refractivity contribution in [1.29, 1.82) is 0 Å². The topological polar surface area (TPSA) is 53.5 Å². The van der Waals surface area contributed by atoms with Crippen molar-refractivity contribution in [1.82, 2.24) is 0 Å². The van der Waals surface area contributed by atoms with E-state index in [-0.39, 0.29) is 11.6 Å². The molecule has 5 N–H and O–H groups in total. The van der Waals surface area contributed by atoms with E-state index in [4.69, 9.17) is 0 Å². The van der Waals surface area contributed by atoms with Crippen LogP contribution in [0.5, 0.6) is 0 Å². The van der Waals surface area contributed by atoms with E-state index in [1.54, 1.807) is 0 Å². The maximum absolute atomic E-state index is 9.48. The molecular formula is C9H24N2O+2. The lowest BCUT2D eigenvalue weighted by atomic mass is 10.1. The molecular weight excluding hydrogens is 152 g/mol. The van der Waals surface area contributed by atoms with Gasteiger partial charge in [0.05, 0.1) is 12.1 Å². The first-order valence-corrected chi connectivity index (χ1v) is 4.80. The molecule has 0 bridgehead atoms. The highest BCUT2D eigenvalue weighted by molar-refractivity contribution is 4.54. The molecule has 0 fully saturated rings. The average Bonchev–Trinajstić information content (AvgIpc) is 1.95. The molecule has 3 nitrogen and oxygen atoms in total. The Morgan fingerprint density at radius 3 is 2.25 bits per heavy atom. The van der Waals surface area contributed by atoms with Gasteiger partial charge in [-0.2, -0.15) is 0 Å². The molecule has 0 heterocycles. The molecule has 0 amide bonds. The second-order valence-corrected chi connectivity index (χ2v) is 4.39. The molecule has 0 aromatic rings. The maximum atomic E-state index is 9.48. The fraction of sp³-hybridized carbons (Fsp3) is 1.00. The third-order valence-corrected chi connectivity index (χ3v) is 1.73. The highest BCUT2D eigenvalue weighted by Gasteiger charge is 2.16.